The van der Waals surface area contributed by atoms with Gasteiger partial charge in [0, 0.05) is 57.5 Å². The number of benzene rings is 2. The predicted octanol–water partition coefficient (Wildman–Crippen LogP) is 1.57. The van der Waals surface area contributed by atoms with E-state index in [1.165, 1.54) is 14.0 Å². The number of hydrogen-bond acceptors (Lipinski definition) is 13. The third-order valence-corrected chi connectivity index (χ3v) is 10.8. The Balaban J connectivity index is 0.000000189. The number of nitrogens with zero attached hydrogens (tertiary/aromatic N) is 6. The number of morpholine rings is 2. The van der Waals surface area contributed by atoms with Gasteiger partial charge in [0.2, 0.25) is 0 Å². The fraction of sp³-hybridized carbons (Fsp3) is 0.467. The summed E-state index contributed by atoms with van der Waals surface area (Å²) >= 11 is 0. The molecule has 2 fully saturated rings. The summed E-state index contributed by atoms with van der Waals surface area (Å²) in [5.41, 5.74) is 13.1. The molecule has 4 aliphatic heterocycles. The van der Waals surface area contributed by atoms with Crippen LogP contribution in [0.5, 0.6) is 11.5 Å². The first-order valence-electron chi connectivity index (χ1n) is 20.7. The molecule has 6 heterocycles. The molecule has 6 N–H and O–H groups in total. The van der Waals surface area contributed by atoms with Crippen LogP contribution in [-0.2, 0) is 40.4 Å². The lowest BCUT2D eigenvalue weighted by atomic mass is 10.1. The molecule has 0 radical (unpaired) electrons. The molecule has 4 aromatic rings. The van der Waals surface area contributed by atoms with Gasteiger partial charge in [-0.1, -0.05) is 23.7 Å². The first kappa shape index (κ1) is 45.2. The quantitative estimate of drug-likeness (QED) is 0.176. The lowest BCUT2D eigenvalue weighted by Crippen LogP contribution is -2.37. The smallest absolute Gasteiger partial charge is 0.269 e. The first-order chi connectivity index (χ1) is 30.3. The van der Waals surface area contributed by atoms with E-state index in [2.05, 4.69) is 43.4 Å². The number of carbonyl (C=O) groups is 2. The zero-order valence-corrected chi connectivity index (χ0v) is 35.7. The van der Waals surface area contributed by atoms with Gasteiger partial charge in [-0.15, -0.1) is 0 Å². The number of carbonyl (C=O) groups excluding carboxylic acids is 2. The van der Waals surface area contributed by atoms with Crippen LogP contribution in [0.4, 0.5) is 4.39 Å². The second-order valence-corrected chi connectivity index (χ2v) is 16.0. The van der Waals surface area contributed by atoms with E-state index >= 15 is 0 Å². The topological polar surface area (TPSA) is 215 Å². The Morgan fingerprint density at radius 1 is 0.714 bits per heavy atom. The molecule has 2 aromatic carbocycles. The SMILES string of the molecule is CC(O)(C#Cc1ccc2c(c1)-c1nc(C(N)=O)c(CN3CCOCC3)n1CCO2)CF.COCC(C)(O)C#Cc1ccc2c(c1)-c1nc(C(N)=O)c(CN3CCOCC3)n1CCO2. The minimum Gasteiger partial charge on any atom is -0.491 e. The van der Waals surface area contributed by atoms with Crippen LogP contribution in [0.1, 0.15) is 57.3 Å². The van der Waals surface area contributed by atoms with Crippen molar-refractivity contribution in [1.82, 2.24) is 28.9 Å². The summed E-state index contributed by atoms with van der Waals surface area (Å²) in [4.78, 5) is 38.0. The molecule has 63 heavy (non-hydrogen) atoms. The van der Waals surface area contributed by atoms with Crippen LogP contribution < -0.4 is 20.9 Å². The van der Waals surface area contributed by atoms with Gasteiger partial charge in [-0.05, 0) is 50.2 Å². The normalized spacial score (nSPS) is 17.8. The molecule has 8 rings (SSSR count). The zero-order chi connectivity index (χ0) is 44.7. The second kappa shape index (κ2) is 19.7. The number of ether oxygens (including phenoxy) is 5. The van der Waals surface area contributed by atoms with Crippen molar-refractivity contribution < 1.29 is 47.9 Å². The summed E-state index contributed by atoms with van der Waals surface area (Å²) < 4.78 is 44.5. The molecular weight excluding hydrogens is 816 g/mol. The van der Waals surface area contributed by atoms with Gasteiger partial charge in [0.05, 0.1) is 68.6 Å². The van der Waals surface area contributed by atoms with Gasteiger partial charge in [-0.2, -0.15) is 0 Å². The molecule has 0 saturated carbocycles. The van der Waals surface area contributed by atoms with Crippen molar-refractivity contribution in [1.29, 1.82) is 0 Å². The predicted molar refractivity (Wildman–Crippen MR) is 228 cm³/mol. The van der Waals surface area contributed by atoms with Gasteiger partial charge in [0.15, 0.2) is 17.0 Å². The molecule has 334 valence electrons. The van der Waals surface area contributed by atoms with E-state index in [9.17, 15) is 24.2 Å². The number of alkyl halides is 1. The zero-order valence-electron chi connectivity index (χ0n) is 35.7. The third kappa shape index (κ3) is 10.9. The fourth-order valence-corrected chi connectivity index (χ4v) is 7.60. The lowest BCUT2D eigenvalue weighted by molar-refractivity contribution is 0.0274. The van der Waals surface area contributed by atoms with E-state index in [4.69, 9.17) is 35.2 Å². The van der Waals surface area contributed by atoms with E-state index in [1.807, 2.05) is 27.3 Å². The van der Waals surface area contributed by atoms with Gasteiger partial charge < -0.3 is 54.5 Å². The molecule has 18 heteroatoms. The Labute approximate surface area is 365 Å². The molecule has 2 saturated heterocycles. The first-order valence-corrected chi connectivity index (χ1v) is 20.7. The van der Waals surface area contributed by atoms with Crippen LogP contribution in [-0.4, -0.2) is 148 Å². The van der Waals surface area contributed by atoms with Crippen molar-refractivity contribution in [3.63, 3.8) is 0 Å². The molecule has 0 aliphatic carbocycles. The Bertz CT molecular complexity index is 2450. The number of imidazole rings is 2. The van der Waals surface area contributed by atoms with Crippen LogP contribution >= 0.6 is 0 Å². The highest BCUT2D eigenvalue weighted by molar-refractivity contribution is 5.94. The van der Waals surface area contributed by atoms with E-state index in [0.717, 1.165) is 43.1 Å². The number of hydrogen-bond donors (Lipinski definition) is 4. The minimum atomic E-state index is -1.72. The molecule has 0 bridgehead atoms. The van der Waals surface area contributed by atoms with Gasteiger partial charge in [0.1, 0.15) is 48.6 Å². The summed E-state index contributed by atoms with van der Waals surface area (Å²) in [7, 11) is 1.51. The van der Waals surface area contributed by atoms with Gasteiger partial charge >= 0.3 is 0 Å². The van der Waals surface area contributed by atoms with Gasteiger partial charge in [-0.25, -0.2) is 14.4 Å². The average Bonchev–Trinajstić information content (AvgIpc) is 3.67. The Morgan fingerprint density at radius 3 is 1.54 bits per heavy atom. The van der Waals surface area contributed by atoms with Crippen LogP contribution in [0.25, 0.3) is 22.8 Å². The molecule has 0 spiro atoms. The highest BCUT2D eigenvalue weighted by Crippen LogP contribution is 2.36. The summed E-state index contributed by atoms with van der Waals surface area (Å²) in [5.74, 6) is 12.5. The monoisotopic (exact) mass is 868 g/mol. The molecule has 2 amide bonds. The van der Waals surface area contributed by atoms with Gasteiger partial charge in [0.25, 0.3) is 11.8 Å². The second-order valence-electron chi connectivity index (χ2n) is 16.0. The minimum absolute atomic E-state index is 0.103. The maximum Gasteiger partial charge on any atom is 0.269 e. The Morgan fingerprint density at radius 2 is 1.14 bits per heavy atom. The number of primary amides is 2. The van der Waals surface area contributed by atoms with Crippen LogP contribution in [0.15, 0.2) is 36.4 Å². The largest absolute Gasteiger partial charge is 0.491 e. The van der Waals surface area contributed by atoms with E-state index in [-0.39, 0.29) is 18.0 Å². The number of nitrogens with two attached hydrogens (primary N) is 2. The number of methoxy groups -OCH3 is 1. The summed E-state index contributed by atoms with van der Waals surface area (Å²) in [5, 5.41) is 20.1. The summed E-state index contributed by atoms with van der Waals surface area (Å²) in [6.07, 6.45) is 0. The molecule has 17 nitrogen and oxygen atoms in total. The maximum absolute atomic E-state index is 12.9. The molecular formula is C45H53FN8O9. The summed E-state index contributed by atoms with van der Waals surface area (Å²) in [6, 6.07) is 10.8. The van der Waals surface area contributed by atoms with E-state index in [1.54, 1.807) is 25.1 Å². The van der Waals surface area contributed by atoms with E-state index in [0.29, 0.717) is 106 Å². The molecule has 4 aliphatic rings. The number of aromatic nitrogens is 4. The van der Waals surface area contributed by atoms with Crippen molar-refractivity contribution in [2.45, 2.75) is 51.2 Å². The number of amides is 2. The molecule has 2 aromatic heterocycles. The molecule has 2 atom stereocenters. The average molecular weight is 869 g/mol. The van der Waals surface area contributed by atoms with Gasteiger partial charge in [-0.3, -0.25) is 19.4 Å². The van der Waals surface area contributed by atoms with Crippen molar-refractivity contribution >= 4 is 11.8 Å². The maximum atomic E-state index is 12.9. The van der Waals surface area contributed by atoms with Crippen molar-refractivity contribution in [3.8, 4) is 58.0 Å². The number of halogens is 1. The standard InChI is InChI=1S/C23H28N4O5.C22H25FN4O4/c1-23(29,15-30-2)6-5-16-3-4-19-17(13-16)22-25-20(21(24)28)18(27(22)9-12-32-19)14-26-7-10-31-11-8-26;1-22(29,14-23)5-4-15-2-3-18-16(12-15)21-25-19(20(24)28)17(27(21)8-11-31-18)13-26-6-9-30-10-7-26/h3-4,13,29H,7-12,14-15H2,1-2H3,(H2,24,28);2-3,12,29H,6-11,13-14H2,1H3,(H2,24,28). The Hall–Kier alpha value is -5.83. The summed E-state index contributed by atoms with van der Waals surface area (Å²) in [6.45, 7) is 10.8. The van der Waals surface area contributed by atoms with Crippen molar-refractivity contribution in [2.75, 3.05) is 86.2 Å². The van der Waals surface area contributed by atoms with Crippen molar-refractivity contribution in [2.24, 2.45) is 11.5 Å². The molecule has 2 unspecified atom stereocenters. The van der Waals surface area contributed by atoms with Crippen LogP contribution in [0.2, 0.25) is 0 Å². The lowest BCUT2D eigenvalue weighted by Gasteiger charge is -2.27. The van der Waals surface area contributed by atoms with E-state index < -0.39 is 29.7 Å². The number of rotatable bonds is 9. The fourth-order valence-electron chi connectivity index (χ4n) is 7.60. The number of fused-ring (bicyclic) bond motifs is 6. The van der Waals surface area contributed by atoms with Crippen molar-refractivity contribution in [3.05, 3.63) is 70.3 Å². The highest BCUT2D eigenvalue weighted by Gasteiger charge is 2.30. The van der Waals surface area contributed by atoms with Crippen LogP contribution in [0, 0.1) is 23.7 Å². The highest BCUT2D eigenvalue weighted by atomic mass is 19.1. The number of aliphatic hydroxyl groups is 2. The Kier molecular flexibility index (Phi) is 14.1. The van der Waals surface area contributed by atoms with Crippen LogP contribution in [0.3, 0.4) is 0 Å². The third-order valence-electron chi connectivity index (χ3n) is 10.8.